The van der Waals surface area contributed by atoms with Crippen molar-refractivity contribution in [3.63, 3.8) is 0 Å². The number of benzene rings is 3. The van der Waals surface area contributed by atoms with Gasteiger partial charge in [0, 0.05) is 22.2 Å². The normalized spacial score (nSPS) is 11.5. The monoisotopic (exact) mass is 508 g/mol. The molecule has 2 amide bonds. The van der Waals surface area contributed by atoms with E-state index in [1.807, 2.05) is 0 Å². The Hall–Kier alpha value is -4.70. The van der Waals surface area contributed by atoms with Gasteiger partial charge in [0.2, 0.25) is 0 Å². The van der Waals surface area contributed by atoms with Crippen molar-refractivity contribution in [3.05, 3.63) is 104 Å². The van der Waals surface area contributed by atoms with E-state index >= 15 is 0 Å². The first-order valence-electron chi connectivity index (χ1n) is 10.4. The molecule has 0 unspecified atom stereocenters. The SMILES string of the molecule is COc1ccc(/C=C(\NC(=O)c2ccccc2)C(=O)N/N=C(\C)c2cc(Cl)ccc2O)cc1[N+](=O)[O-]. The molecule has 0 aliphatic rings. The lowest BCUT2D eigenvalue weighted by Gasteiger charge is -2.11. The maximum absolute atomic E-state index is 13.0. The predicted molar refractivity (Wildman–Crippen MR) is 135 cm³/mol. The molecule has 0 fully saturated rings. The second kappa shape index (κ2) is 11.6. The fourth-order valence-corrected chi connectivity index (χ4v) is 3.27. The van der Waals surface area contributed by atoms with Crippen LogP contribution in [-0.2, 0) is 4.79 Å². The number of nitrogens with zero attached hydrogens (tertiary/aromatic N) is 2. The summed E-state index contributed by atoms with van der Waals surface area (Å²) in [6, 6.07) is 16.6. The molecule has 0 aliphatic carbocycles. The number of aromatic hydroxyl groups is 1. The van der Waals surface area contributed by atoms with Gasteiger partial charge < -0.3 is 15.2 Å². The van der Waals surface area contributed by atoms with Crippen molar-refractivity contribution in [2.45, 2.75) is 6.92 Å². The quantitative estimate of drug-likeness (QED) is 0.179. The lowest BCUT2D eigenvalue weighted by atomic mass is 10.1. The standard InChI is InChI=1S/C25H21ClN4O6/c1-15(19-14-18(26)9-10-22(19)31)28-29-25(33)20(27-24(32)17-6-4-3-5-7-17)12-16-8-11-23(36-2)21(13-16)30(34)35/h3-14,31H,1-2H3,(H,27,32)(H,29,33)/b20-12-,28-15+. The van der Waals surface area contributed by atoms with E-state index < -0.39 is 16.7 Å². The average Bonchev–Trinajstić information content (AvgIpc) is 2.88. The number of hydrogen-bond acceptors (Lipinski definition) is 7. The summed E-state index contributed by atoms with van der Waals surface area (Å²) in [5.74, 6) is -1.43. The van der Waals surface area contributed by atoms with Crippen LogP contribution >= 0.6 is 11.6 Å². The van der Waals surface area contributed by atoms with E-state index in [1.165, 1.54) is 49.6 Å². The van der Waals surface area contributed by atoms with Gasteiger partial charge in [-0.15, -0.1) is 0 Å². The molecular formula is C25H21ClN4O6. The third-order valence-electron chi connectivity index (χ3n) is 4.91. The third-order valence-corrected chi connectivity index (χ3v) is 5.15. The van der Waals surface area contributed by atoms with Crippen molar-refractivity contribution in [2.24, 2.45) is 5.10 Å². The number of amides is 2. The van der Waals surface area contributed by atoms with Gasteiger partial charge in [0.15, 0.2) is 5.75 Å². The third kappa shape index (κ3) is 6.45. The fourth-order valence-electron chi connectivity index (χ4n) is 3.10. The number of hydrazone groups is 1. The van der Waals surface area contributed by atoms with Crippen LogP contribution in [0.4, 0.5) is 5.69 Å². The molecule has 11 heteroatoms. The molecule has 0 atom stereocenters. The Labute approximate surface area is 211 Å². The second-order valence-corrected chi connectivity index (χ2v) is 7.80. The summed E-state index contributed by atoms with van der Waals surface area (Å²) >= 11 is 5.97. The van der Waals surface area contributed by atoms with Gasteiger partial charge in [-0.25, -0.2) is 5.43 Å². The van der Waals surface area contributed by atoms with Gasteiger partial charge in [-0.1, -0.05) is 35.9 Å². The summed E-state index contributed by atoms with van der Waals surface area (Å²) < 4.78 is 5.00. The highest BCUT2D eigenvalue weighted by Crippen LogP contribution is 2.28. The summed E-state index contributed by atoms with van der Waals surface area (Å²) in [6.07, 6.45) is 1.27. The fraction of sp³-hybridized carbons (Fsp3) is 0.0800. The number of phenols is 1. The van der Waals surface area contributed by atoms with Gasteiger partial charge in [-0.05, 0) is 55.0 Å². The summed E-state index contributed by atoms with van der Waals surface area (Å²) in [5, 5.41) is 28.3. The molecule has 184 valence electrons. The second-order valence-electron chi connectivity index (χ2n) is 7.37. The van der Waals surface area contributed by atoms with E-state index in [0.29, 0.717) is 16.1 Å². The van der Waals surface area contributed by atoms with Gasteiger partial charge in [0.1, 0.15) is 11.4 Å². The molecule has 0 heterocycles. The number of phenolic OH excluding ortho intramolecular Hbond substituents is 1. The number of nitro benzene ring substituents is 1. The molecule has 3 aromatic carbocycles. The van der Waals surface area contributed by atoms with Crippen LogP contribution in [0.5, 0.6) is 11.5 Å². The largest absolute Gasteiger partial charge is 0.507 e. The van der Waals surface area contributed by atoms with Crippen LogP contribution in [0, 0.1) is 10.1 Å². The van der Waals surface area contributed by atoms with Gasteiger partial charge in [-0.3, -0.25) is 19.7 Å². The topological polar surface area (TPSA) is 143 Å². The Morgan fingerprint density at radius 3 is 2.50 bits per heavy atom. The maximum Gasteiger partial charge on any atom is 0.311 e. The minimum Gasteiger partial charge on any atom is -0.507 e. The summed E-state index contributed by atoms with van der Waals surface area (Å²) in [4.78, 5) is 36.5. The molecule has 0 saturated carbocycles. The summed E-state index contributed by atoms with van der Waals surface area (Å²) in [7, 11) is 1.30. The maximum atomic E-state index is 13.0. The number of halogens is 1. The Morgan fingerprint density at radius 1 is 1.11 bits per heavy atom. The number of carbonyl (C=O) groups excluding carboxylic acids is 2. The molecule has 0 aliphatic heterocycles. The number of hydrogen-bond donors (Lipinski definition) is 3. The molecule has 0 bridgehead atoms. The average molecular weight is 509 g/mol. The van der Waals surface area contributed by atoms with Gasteiger partial charge in [0.25, 0.3) is 11.8 Å². The Bertz CT molecular complexity index is 1370. The Morgan fingerprint density at radius 2 is 1.83 bits per heavy atom. The number of nitro groups is 1. The molecule has 3 rings (SSSR count). The van der Waals surface area contributed by atoms with Crippen LogP contribution < -0.4 is 15.5 Å². The molecule has 3 aromatic rings. The number of methoxy groups -OCH3 is 1. The zero-order chi connectivity index (χ0) is 26.2. The number of nitrogens with one attached hydrogen (secondary N) is 2. The van der Waals surface area contributed by atoms with Gasteiger partial charge in [-0.2, -0.15) is 5.10 Å². The van der Waals surface area contributed by atoms with Crippen molar-refractivity contribution in [2.75, 3.05) is 7.11 Å². The van der Waals surface area contributed by atoms with E-state index in [4.69, 9.17) is 16.3 Å². The highest BCUT2D eigenvalue weighted by Gasteiger charge is 2.18. The van der Waals surface area contributed by atoms with Crippen LogP contribution in [-0.4, -0.2) is 34.7 Å². The molecular weight excluding hydrogens is 488 g/mol. The van der Waals surface area contributed by atoms with Crippen molar-refractivity contribution in [3.8, 4) is 11.5 Å². The molecule has 0 radical (unpaired) electrons. The molecule has 36 heavy (non-hydrogen) atoms. The smallest absolute Gasteiger partial charge is 0.311 e. The Balaban J connectivity index is 1.95. The zero-order valence-corrected chi connectivity index (χ0v) is 19.9. The number of rotatable bonds is 8. The first kappa shape index (κ1) is 25.9. The molecule has 0 aromatic heterocycles. The van der Waals surface area contributed by atoms with E-state index in [1.54, 1.807) is 37.3 Å². The number of ether oxygens (including phenoxy) is 1. The lowest BCUT2D eigenvalue weighted by molar-refractivity contribution is -0.385. The lowest BCUT2D eigenvalue weighted by Crippen LogP contribution is -2.33. The van der Waals surface area contributed by atoms with E-state index in [2.05, 4.69) is 15.8 Å². The van der Waals surface area contributed by atoms with Crippen molar-refractivity contribution in [1.82, 2.24) is 10.7 Å². The first-order chi connectivity index (χ1) is 17.2. The highest BCUT2D eigenvalue weighted by molar-refractivity contribution is 6.31. The molecule has 0 spiro atoms. The molecule has 0 saturated heterocycles. The first-order valence-corrected chi connectivity index (χ1v) is 10.8. The van der Waals surface area contributed by atoms with Gasteiger partial charge in [0.05, 0.1) is 17.7 Å². The zero-order valence-electron chi connectivity index (χ0n) is 19.2. The van der Waals surface area contributed by atoms with E-state index in [0.717, 1.165) is 0 Å². The number of carbonyl (C=O) groups is 2. The van der Waals surface area contributed by atoms with Gasteiger partial charge >= 0.3 is 5.69 Å². The highest BCUT2D eigenvalue weighted by atomic mass is 35.5. The minimum absolute atomic E-state index is 0.0398. The van der Waals surface area contributed by atoms with Crippen LogP contribution in [0.15, 0.2) is 77.5 Å². The van der Waals surface area contributed by atoms with Crippen LogP contribution in [0.1, 0.15) is 28.4 Å². The molecule has 3 N–H and O–H groups in total. The molecule has 10 nitrogen and oxygen atoms in total. The Kier molecular flexibility index (Phi) is 8.37. The summed E-state index contributed by atoms with van der Waals surface area (Å²) in [5.41, 5.74) is 2.87. The van der Waals surface area contributed by atoms with Crippen LogP contribution in [0.3, 0.4) is 0 Å². The van der Waals surface area contributed by atoms with Crippen LogP contribution in [0.2, 0.25) is 5.02 Å². The van der Waals surface area contributed by atoms with E-state index in [-0.39, 0.29) is 34.2 Å². The minimum atomic E-state index is -0.807. The van der Waals surface area contributed by atoms with Crippen molar-refractivity contribution in [1.29, 1.82) is 0 Å². The predicted octanol–water partition coefficient (Wildman–Crippen LogP) is 4.27. The summed E-state index contributed by atoms with van der Waals surface area (Å²) in [6.45, 7) is 1.55. The van der Waals surface area contributed by atoms with Crippen molar-refractivity contribution >= 4 is 40.9 Å². The van der Waals surface area contributed by atoms with E-state index in [9.17, 15) is 24.8 Å². The van der Waals surface area contributed by atoms with Crippen LogP contribution in [0.25, 0.3) is 6.08 Å². The van der Waals surface area contributed by atoms with Crippen molar-refractivity contribution < 1.29 is 24.4 Å².